The Bertz CT molecular complexity index is 322. The number of urea groups is 1. The number of rotatable bonds is 3. The summed E-state index contributed by atoms with van der Waals surface area (Å²) in [5.41, 5.74) is 0. The minimum atomic E-state index is -0.434. The van der Waals surface area contributed by atoms with E-state index in [1.807, 2.05) is 0 Å². The lowest BCUT2D eigenvalue weighted by atomic mass is 9.88. The Balaban J connectivity index is 1.78. The number of alkyl halides is 1. The summed E-state index contributed by atoms with van der Waals surface area (Å²) in [5, 5.41) is 2.26. The summed E-state index contributed by atoms with van der Waals surface area (Å²) in [6, 6.07) is -0.335. The zero-order valence-electron chi connectivity index (χ0n) is 10.1. The molecule has 2 fully saturated rings. The Morgan fingerprint density at radius 2 is 2.12 bits per heavy atom. The lowest BCUT2D eigenvalue weighted by molar-refractivity contribution is -0.117. The van der Waals surface area contributed by atoms with Crippen molar-refractivity contribution < 1.29 is 9.59 Å². The first kappa shape index (κ1) is 12.7. The summed E-state index contributed by atoms with van der Waals surface area (Å²) in [6.45, 7) is 0.753. The number of hydrogen-bond acceptors (Lipinski definition) is 2. The van der Waals surface area contributed by atoms with Crippen molar-refractivity contribution in [1.29, 1.82) is 0 Å². The molecule has 0 saturated heterocycles. The third-order valence-corrected chi connectivity index (χ3v) is 4.35. The van der Waals surface area contributed by atoms with Gasteiger partial charge in [-0.2, -0.15) is 0 Å². The fourth-order valence-electron chi connectivity index (χ4n) is 3.28. The molecule has 0 spiro atoms. The third-order valence-electron chi connectivity index (χ3n) is 4.11. The number of carbonyl (C=O) groups is 2. The van der Waals surface area contributed by atoms with Gasteiger partial charge in [-0.15, -0.1) is 11.6 Å². The maximum Gasteiger partial charge on any atom is 0.323 e. The molecule has 17 heavy (non-hydrogen) atoms. The van der Waals surface area contributed by atoms with Gasteiger partial charge in [0.05, 0.1) is 0 Å². The lowest BCUT2D eigenvalue weighted by Crippen LogP contribution is -2.43. The van der Waals surface area contributed by atoms with Crippen LogP contribution in [-0.4, -0.2) is 36.3 Å². The van der Waals surface area contributed by atoms with E-state index >= 15 is 0 Å². The van der Waals surface area contributed by atoms with Gasteiger partial charge in [-0.3, -0.25) is 10.1 Å². The number of hydrogen-bond donors (Lipinski definition) is 1. The molecule has 0 aliphatic heterocycles. The smallest absolute Gasteiger partial charge is 0.323 e. The zero-order chi connectivity index (χ0) is 12.4. The second-order valence-corrected chi connectivity index (χ2v) is 5.57. The number of nitrogens with zero attached hydrogens (tertiary/aromatic N) is 1. The topological polar surface area (TPSA) is 49.4 Å². The molecule has 96 valence electrons. The molecule has 2 rings (SSSR count). The van der Waals surface area contributed by atoms with Crippen molar-refractivity contribution in [2.24, 2.45) is 17.8 Å². The predicted octanol–water partition coefficient (Wildman–Crippen LogP) is 1.83. The summed E-state index contributed by atoms with van der Waals surface area (Å²) < 4.78 is 0. The van der Waals surface area contributed by atoms with Gasteiger partial charge in [-0.25, -0.2) is 4.79 Å². The average molecular weight is 259 g/mol. The Kier molecular flexibility index (Phi) is 3.92. The third kappa shape index (κ3) is 2.92. The van der Waals surface area contributed by atoms with Gasteiger partial charge in [0.1, 0.15) is 5.88 Å². The van der Waals surface area contributed by atoms with Gasteiger partial charge in [0.25, 0.3) is 0 Å². The molecule has 2 saturated carbocycles. The minimum absolute atomic E-state index is 0.173. The van der Waals surface area contributed by atoms with E-state index in [0.29, 0.717) is 5.92 Å². The van der Waals surface area contributed by atoms with E-state index in [4.69, 9.17) is 11.6 Å². The van der Waals surface area contributed by atoms with E-state index < -0.39 is 5.91 Å². The van der Waals surface area contributed by atoms with Crippen LogP contribution in [0.4, 0.5) is 4.79 Å². The van der Waals surface area contributed by atoms with Gasteiger partial charge in [0.2, 0.25) is 5.91 Å². The van der Waals surface area contributed by atoms with Crippen LogP contribution in [0.25, 0.3) is 0 Å². The monoisotopic (exact) mass is 258 g/mol. The molecule has 3 atom stereocenters. The highest BCUT2D eigenvalue weighted by molar-refractivity contribution is 6.28. The quantitative estimate of drug-likeness (QED) is 0.786. The molecule has 1 N–H and O–H groups in total. The van der Waals surface area contributed by atoms with E-state index in [2.05, 4.69) is 5.32 Å². The van der Waals surface area contributed by atoms with Gasteiger partial charge in [0, 0.05) is 13.6 Å². The van der Waals surface area contributed by atoms with E-state index in [-0.39, 0.29) is 11.9 Å². The molecule has 4 nitrogen and oxygen atoms in total. The zero-order valence-corrected chi connectivity index (χ0v) is 10.9. The van der Waals surface area contributed by atoms with Crippen molar-refractivity contribution in [2.75, 3.05) is 19.5 Å². The highest BCUT2D eigenvalue weighted by Gasteiger charge is 2.40. The summed E-state index contributed by atoms with van der Waals surface area (Å²) in [4.78, 5) is 24.2. The lowest BCUT2D eigenvalue weighted by Gasteiger charge is -2.27. The van der Waals surface area contributed by atoms with E-state index in [1.165, 1.54) is 25.7 Å². The van der Waals surface area contributed by atoms with Crippen LogP contribution in [0, 0.1) is 17.8 Å². The van der Waals surface area contributed by atoms with Crippen molar-refractivity contribution in [3.63, 3.8) is 0 Å². The number of carbonyl (C=O) groups excluding carboxylic acids is 2. The molecule has 0 aromatic heterocycles. The van der Waals surface area contributed by atoms with Crippen molar-refractivity contribution in [3.8, 4) is 0 Å². The fraction of sp³-hybridized carbons (Fsp3) is 0.833. The van der Waals surface area contributed by atoms with Gasteiger partial charge in [0.15, 0.2) is 0 Å². The molecule has 0 heterocycles. The van der Waals surface area contributed by atoms with E-state index in [0.717, 1.165) is 18.4 Å². The molecule has 0 aromatic carbocycles. The maximum absolute atomic E-state index is 11.6. The van der Waals surface area contributed by atoms with Crippen molar-refractivity contribution in [2.45, 2.75) is 25.7 Å². The fourth-order valence-corrected chi connectivity index (χ4v) is 3.35. The molecular formula is C12H19ClN2O2. The summed E-state index contributed by atoms with van der Waals surface area (Å²) >= 11 is 5.34. The standard InChI is InChI=1S/C12H19ClN2O2/c1-15(12(17)14-11(16)6-13)7-10-5-8-2-3-9(10)4-8/h8-10H,2-7H2,1H3,(H,14,16,17). The molecule has 0 radical (unpaired) electrons. The van der Waals surface area contributed by atoms with Crippen molar-refractivity contribution >= 4 is 23.5 Å². The Morgan fingerprint density at radius 1 is 1.35 bits per heavy atom. The van der Waals surface area contributed by atoms with Crippen LogP contribution in [0.5, 0.6) is 0 Å². The molecule has 3 amide bonds. The largest absolute Gasteiger partial charge is 0.327 e. The van der Waals surface area contributed by atoms with Crippen LogP contribution in [0.15, 0.2) is 0 Å². The SMILES string of the molecule is CN(CC1CC2CCC1C2)C(=O)NC(=O)CCl. The first-order chi connectivity index (χ1) is 8.10. The highest BCUT2D eigenvalue weighted by Crippen LogP contribution is 2.48. The normalized spacial score (nSPS) is 30.4. The summed E-state index contributed by atoms with van der Waals surface area (Å²) in [5.74, 6) is 1.69. The minimum Gasteiger partial charge on any atom is -0.327 e. The van der Waals surface area contributed by atoms with E-state index in [1.54, 1.807) is 11.9 Å². The second kappa shape index (κ2) is 5.25. The highest BCUT2D eigenvalue weighted by atomic mass is 35.5. The summed E-state index contributed by atoms with van der Waals surface area (Å²) in [6.07, 6.45) is 5.25. The van der Waals surface area contributed by atoms with Crippen LogP contribution in [-0.2, 0) is 4.79 Å². The Morgan fingerprint density at radius 3 is 2.65 bits per heavy atom. The molecule has 5 heteroatoms. The Labute approximate surface area is 107 Å². The van der Waals surface area contributed by atoms with Gasteiger partial charge in [-0.1, -0.05) is 6.42 Å². The number of amides is 3. The van der Waals surface area contributed by atoms with Crippen LogP contribution in [0.1, 0.15) is 25.7 Å². The predicted molar refractivity (Wildman–Crippen MR) is 65.8 cm³/mol. The second-order valence-electron chi connectivity index (χ2n) is 5.30. The number of halogens is 1. The van der Waals surface area contributed by atoms with Crippen LogP contribution >= 0.6 is 11.6 Å². The average Bonchev–Trinajstić information content (AvgIpc) is 2.90. The van der Waals surface area contributed by atoms with E-state index in [9.17, 15) is 9.59 Å². The first-order valence-corrected chi connectivity index (χ1v) is 6.74. The van der Waals surface area contributed by atoms with Crippen LogP contribution in [0.2, 0.25) is 0 Å². The van der Waals surface area contributed by atoms with Gasteiger partial charge < -0.3 is 4.90 Å². The number of imide groups is 1. The maximum atomic E-state index is 11.6. The van der Waals surface area contributed by atoms with Crippen molar-refractivity contribution in [3.05, 3.63) is 0 Å². The number of fused-ring (bicyclic) bond motifs is 2. The molecule has 2 aliphatic carbocycles. The Hall–Kier alpha value is -0.770. The molecule has 3 unspecified atom stereocenters. The van der Waals surface area contributed by atoms with Crippen molar-refractivity contribution in [1.82, 2.24) is 10.2 Å². The molecule has 2 bridgehead atoms. The van der Waals surface area contributed by atoms with Crippen LogP contribution in [0.3, 0.4) is 0 Å². The first-order valence-electron chi connectivity index (χ1n) is 6.21. The summed E-state index contributed by atoms with van der Waals surface area (Å²) in [7, 11) is 1.74. The van der Waals surface area contributed by atoms with Crippen LogP contribution < -0.4 is 5.32 Å². The molecule has 2 aliphatic rings. The molecular weight excluding hydrogens is 240 g/mol. The van der Waals surface area contributed by atoms with Gasteiger partial charge in [-0.05, 0) is 37.0 Å². The van der Waals surface area contributed by atoms with Gasteiger partial charge >= 0.3 is 6.03 Å². The molecule has 0 aromatic rings. The number of nitrogens with one attached hydrogen (secondary N) is 1.